The van der Waals surface area contributed by atoms with Crippen LogP contribution in [-0.4, -0.2) is 35.8 Å². The molecule has 0 saturated carbocycles. The van der Waals surface area contributed by atoms with E-state index in [9.17, 15) is 9.59 Å². The van der Waals surface area contributed by atoms with Crippen LogP contribution in [0.2, 0.25) is 0 Å². The number of amides is 2. The van der Waals surface area contributed by atoms with Crippen LogP contribution < -0.4 is 19.7 Å². The fourth-order valence-corrected chi connectivity index (χ4v) is 3.38. The first-order valence-electron chi connectivity index (χ1n) is 7.57. The second-order valence-electron chi connectivity index (χ2n) is 5.51. The largest absolute Gasteiger partial charge is 0.493 e. The Morgan fingerprint density at radius 3 is 2.71 bits per heavy atom. The minimum atomic E-state index is -0.568. The van der Waals surface area contributed by atoms with Crippen LogP contribution >= 0.6 is 0 Å². The molecule has 1 aromatic heterocycles. The smallest absolute Gasteiger partial charge is 0.273 e. The molecule has 4 rings (SSSR count). The summed E-state index contributed by atoms with van der Waals surface area (Å²) in [7, 11) is 3.00. The molecule has 124 valence electrons. The van der Waals surface area contributed by atoms with Gasteiger partial charge in [0.05, 0.1) is 31.7 Å². The fourth-order valence-electron chi connectivity index (χ4n) is 3.38. The van der Waals surface area contributed by atoms with E-state index in [1.807, 2.05) is 6.92 Å². The number of methoxy groups -OCH3 is 2. The third-order valence-electron chi connectivity index (χ3n) is 4.43. The van der Waals surface area contributed by atoms with Crippen molar-refractivity contribution in [3.8, 4) is 11.5 Å². The number of rotatable bonds is 3. The van der Waals surface area contributed by atoms with Crippen molar-refractivity contribution in [1.29, 1.82) is 0 Å². The van der Waals surface area contributed by atoms with E-state index in [1.165, 1.54) is 14.2 Å². The molecule has 1 aromatic carbocycles. The number of carbonyl (C=O) groups is 2. The highest BCUT2D eigenvalue weighted by molar-refractivity contribution is 6.17. The molecule has 24 heavy (non-hydrogen) atoms. The molecule has 2 amide bonds. The quantitative estimate of drug-likeness (QED) is 0.918. The molecule has 0 spiro atoms. The number of ether oxygens (including phenoxy) is 2. The maximum absolute atomic E-state index is 13.0. The molecule has 1 unspecified atom stereocenters. The van der Waals surface area contributed by atoms with E-state index in [1.54, 1.807) is 27.9 Å². The molecule has 0 bridgehead atoms. The Hall–Kier alpha value is -3.03. The third-order valence-corrected chi connectivity index (χ3v) is 4.43. The summed E-state index contributed by atoms with van der Waals surface area (Å²) in [6, 6.07) is 3.50. The van der Waals surface area contributed by atoms with Crippen molar-refractivity contribution >= 4 is 17.5 Å². The van der Waals surface area contributed by atoms with Crippen LogP contribution in [0, 0.1) is 0 Å². The van der Waals surface area contributed by atoms with Gasteiger partial charge in [0.1, 0.15) is 11.9 Å². The molecule has 2 aliphatic rings. The molecule has 2 aliphatic heterocycles. The number of hydrogen-bond acceptors (Lipinski definition) is 5. The minimum absolute atomic E-state index is 0.248. The molecule has 8 nitrogen and oxygen atoms in total. The van der Waals surface area contributed by atoms with E-state index in [2.05, 4.69) is 10.4 Å². The number of benzene rings is 1. The highest BCUT2D eigenvalue weighted by Gasteiger charge is 2.47. The molecule has 3 heterocycles. The van der Waals surface area contributed by atoms with Gasteiger partial charge in [-0.1, -0.05) is 6.07 Å². The van der Waals surface area contributed by atoms with Gasteiger partial charge in [-0.25, -0.2) is 0 Å². The van der Waals surface area contributed by atoms with E-state index in [0.717, 1.165) is 0 Å². The van der Waals surface area contributed by atoms with Gasteiger partial charge in [0.2, 0.25) is 0 Å². The van der Waals surface area contributed by atoms with Crippen molar-refractivity contribution in [2.45, 2.75) is 19.6 Å². The first-order chi connectivity index (χ1) is 11.6. The number of anilines is 1. The standard InChI is InChI=1S/C16H16N4O4/c1-4-19-12-9(7-17-19)20-14(18-15(12)21)8-5-6-10(23-2)13(24-3)11(8)16(20)22/h5-7,14H,4H2,1-3H3,(H,18,21). The Bertz CT molecular complexity index is 873. The van der Waals surface area contributed by atoms with Crippen LogP contribution in [0.3, 0.4) is 0 Å². The molecule has 0 saturated heterocycles. The lowest BCUT2D eigenvalue weighted by atomic mass is 10.1. The maximum Gasteiger partial charge on any atom is 0.273 e. The molecule has 0 radical (unpaired) electrons. The second kappa shape index (κ2) is 4.98. The average molecular weight is 328 g/mol. The summed E-state index contributed by atoms with van der Waals surface area (Å²) in [5, 5.41) is 7.09. The van der Waals surface area contributed by atoms with Crippen molar-refractivity contribution in [3.05, 3.63) is 35.2 Å². The molecule has 0 fully saturated rings. The summed E-state index contributed by atoms with van der Waals surface area (Å²) in [6.45, 7) is 2.43. The summed E-state index contributed by atoms with van der Waals surface area (Å²) in [6.07, 6.45) is 0.986. The van der Waals surface area contributed by atoms with Crippen molar-refractivity contribution in [3.63, 3.8) is 0 Å². The number of aromatic nitrogens is 2. The lowest BCUT2D eigenvalue weighted by Crippen LogP contribution is -2.45. The van der Waals surface area contributed by atoms with Gasteiger partial charge in [-0.05, 0) is 13.0 Å². The summed E-state index contributed by atoms with van der Waals surface area (Å²) in [5.41, 5.74) is 1.98. The van der Waals surface area contributed by atoms with Crippen molar-refractivity contribution in [2.24, 2.45) is 0 Å². The number of aryl methyl sites for hydroxylation is 1. The Morgan fingerprint density at radius 1 is 1.25 bits per heavy atom. The Balaban J connectivity index is 1.93. The van der Waals surface area contributed by atoms with Gasteiger partial charge in [0, 0.05) is 12.1 Å². The number of fused-ring (bicyclic) bond motifs is 5. The zero-order valence-corrected chi connectivity index (χ0v) is 13.5. The van der Waals surface area contributed by atoms with E-state index in [0.29, 0.717) is 40.6 Å². The van der Waals surface area contributed by atoms with Crippen molar-refractivity contribution < 1.29 is 19.1 Å². The van der Waals surface area contributed by atoms with E-state index < -0.39 is 6.17 Å². The lowest BCUT2D eigenvalue weighted by molar-refractivity contribution is 0.0902. The van der Waals surface area contributed by atoms with Gasteiger partial charge in [-0.15, -0.1) is 0 Å². The molecule has 1 atom stereocenters. The Labute approximate surface area is 137 Å². The molecule has 0 aliphatic carbocycles. The van der Waals surface area contributed by atoms with E-state index in [4.69, 9.17) is 9.47 Å². The number of nitrogens with one attached hydrogen (secondary N) is 1. The van der Waals surface area contributed by atoms with Crippen molar-refractivity contribution in [1.82, 2.24) is 15.1 Å². The maximum atomic E-state index is 13.0. The summed E-state index contributed by atoms with van der Waals surface area (Å²) < 4.78 is 12.2. The van der Waals surface area contributed by atoms with Crippen LogP contribution in [0.25, 0.3) is 0 Å². The first kappa shape index (κ1) is 14.6. The van der Waals surface area contributed by atoms with Crippen LogP contribution in [0.15, 0.2) is 18.3 Å². The lowest BCUT2D eigenvalue weighted by Gasteiger charge is -2.30. The number of nitrogens with zero attached hydrogens (tertiary/aromatic N) is 3. The highest BCUT2D eigenvalue weighted by atomic mass is 16.5. The van der Waals surface area contributed by atoms with Crippen LogP contribution in [-0.2, 0) is 6.54 Å². The third kappa shape index (κ3) is 1.65. The van der Waals surface area contributed by atoms with Crippen LogP contribution in [0.1, 0.15) is 39.5 Å². The Morgan fingerprint density at radius 2 is 2.04 bits per heavy atom. The normalized spacial score (nSPS) is 18.0. The van der Waals surface area contributed by atoms with Crippen LogP contribution in [0.5, 0.6) is 11.5 Å². The molecular formula is C16H16N4O4. The monoisotopic (exact) mass is 328 g/mol. The minimum Gasteiger partial charge on any atom is -0.493 e. The van der Waals surface area contributed by atoms with Gasteiger partial charge in [0.15, 0.2) is 11.5 Å². The summed E-state index contributed by atoms with van der Waals surface area (Å²) in [5.74, 6) is 0.344. The summed E-state index contributed by atoms with van der Waals surface area (Å²) in [4.78, 5) is 27.1. The predicted molar refractivity (Wildman–Crippen MR) is 84.5 cm³/mol. The molecule has 8 heteroatoms. The molecular weight excluding hydrogens is 312 g/mol. The second-order valence-corrected chi connectivity index (χ2v) is 5.51. The highest BCUT2D eigenvalue weighted by Crippen LogP contribution is 2.46. The van der Waals surface area contributed by atoms with Gasteiger partial charge in [-0.2, -0.15) is 5.10 Å². The Kier molecular flexibility index (Phi) is 3.02. The SMILES string of the molecule is CCn1ncc2c1C(=O)NC1c3ccc(OC)c(OC)c3C(=O)N21. The fraction of sp³-hybridized carbons (Fsp3) is 0.312. The van der Waals surface area contributed by atoms with E-state index in [-0.39, 0.29) is 11.8 Å². The van der Waals surface area contributed by atoms with Crippen molar-refractivity contribution in [2.75, 3.05) is 19.1 Å². The number of carbonyl (C=O) groups excluding carboxylic acids is 2. The van der Waals surface area contributed by atoms with Gasteiger partial charge in [0.25, 0.3) is 11.8 Å². The topological polar surface area (TPSA) is 85.7 Å². The number of hydrogen-bond donors (Lipinski definition) is 1. The summed E-state index contributed by atoms with van der Waals surface area (Å²) >= 11 is 0. The molecule has 2 aromatic rings. The molecule has 1 N–H and O–H groups in total. The zero-order chi connectivity index (χ0) is 17.0. The predicted octanol–water partition coefficient (Wildman–Crippen LogP) is 1.32. The zero-order valence-electron chi connectivity index (χ0n) is 13.5. The van der Waals surface area contributed by atoms with Gasteiger partial charge >= 0.3 is 0 Å². The van der Waals surface area contributed by atoms with Crippen LogP contribution in [0.4, 0.5) is 5.69 Å². The van der Waals surface area contributed by atoms with Gasteiger partial charge < -0.3 is 14.8 Å². The van der Waals surface area contributed by atoms with Gasteiger partial charge in [-0.3, -0.25) is 19.2 Å². The first-order valence-corrected chi connectivity index (χ1v) is 7.57. The average Bonchev–Trinajstić information content (AvgIpc) is 3.14. The van der Waals surface area contributed by atoms with E-state index >= 15 is 0 Å².